The van der Waals surface area contributed by atoms with Crippen LogP contribution in [0.3, 0.4) is 0 Å². The molecule has 118 valence electrons. The summed E-state index contributed by atoms with van der Waals surface area (Å²) in [6, 6.07) is 0. The van der Waals surface area contributed by atoms with E-state index in [9.17, 15) is 9.90 Å². The summed E-state index contributed by atoms with van der Waals surface area (Å²) in [4.78, 5) is 11.7. The number of rotatable bonds is 8. The van der Waals surface area contributed by atoms with E-state index < -0.39 is 5.63 Å². The van der Waals surface area contributed by atoms with Gasteiger partial charge >= 0.3 is 5.63 Å². The molecule has 0 radical (unpaired) electrons. The van der Waals surface area contributed by atoms with Gasteiger partial charge in [-0.05, 0) is 33.1 Å². The summed E-state index contributed by atoms with van der Waals surface area (Å²) in [7, 11) is 0. The molecule has 1 aromatic heterocycles. The van der Waals surface area contributed by atoms with Crippen LogP contribution in [0.15, 0.2) is 20.9 Å². The maximum atomic E-state index is 11.7. The fraction of sp³-hybridized carbons (Fsp3) is 0.611. The molecule has 21 heavy (non-hydrogen) atoms. The third-order valence-electron chi connectivity index (χ3n) is 3.81. The van der Waals surface area contributed by atoms with Crippen molar-refractivity contribution in [2.75, 3.05) is 0 Å². The minimum Gasteiger partial charge on any atom is -0.507 e. The van der Waals surface area contributed by atoms with Crippen LogP contribution in [0.1, 0.15) is 69.8 Å². The fourth-order valence-corrected chi connectivity index (χ4v) is 2.40. The minimum atomic E-state index is -0.431. The first kappa shape index (κ1) is 17.5. The Hall–Kier alpha value is -1.51. The lowest BCUT2D eigenvalue weighted by molar-refractivity contribution is 0.410. The van der Waals surface area contributed by atoms with Crippen LogP contribution in [-0.2, 0) is 12.8 Å². The smallest absolute Gasteiger partial charge is 0.342 e. The average molecular weight is 292 g/mol. The Morgan fingerprint density at radius 2 is 1.95 bits per heavy atom. The molecule has 0 atom stereocenters. The SMILES string of the molecule is CCCCC/C(C)=C/Cc1oc(=O)c(C)c(O)c1CCC. The van der Waals surface area contributed by atoms with Crippen molar-refractivity contribution < 1.29 is 9.52 Å². The second-order valence-corrected chi connectivity index (χ2v) is 5.73. The Bertz CT molecular complexity index is 538. The summed E-state index contributed by atoms with van der Waals surface area (Å²) in [5.74, 6) is 0.722. The summed E-state index contributed by atoms with van der Waals surface area (Å²) >= 11 is 0. The van der Waals surface area contributed by atoms with E-state index in [0.717, 1.165) is 24.8 Å². The van der Waals surface area contributed by atoms with E-state index >= 15 is 0 Å². The van der Waals surface area contributed by atoms with Gasteiger partial charge in [0.05, 0.1) is 5.56 Å². The number of hydrogen-bond acceptors (Lipinski definition) is 3. The molecule has 3 heteroatoms. The van der Waals surface area contributed by atoms with Gasteiger partial charge in [0.2, 0.25) is 0 Å². The van der Waals surface area contributed by atoms with Crippen LogP contribution in [0.4, 0.5) is 0 Å². The van der Waals surface area contributed by atoms with Crippen LogP contribution >= 0.6 is 0 Å². The molecule has 0 aliphatic rings. The third kappa shape index (κ3) is 5.07. The highest BCUT2D eigenvalue weighted by atomic mass is 16.4. The van der Waals surface area contributed by atoms with Gasteiger partial charge in [-0.2, -0.15) is 0 Å². The highest BCUT2D eigenvalue weighted by molar-refractivity contribution is 5.40. The molecule has 0 aliphatic heterocycles. The molecule has 1 heterocycles. The Morgan fingerprint density at radius 1 is 1.24 bits per heavy atom. The standard InChI is InChI=1S/C18H28O3/c1-5-7-8-10-13(3)11-12-16-15(9-6-2)17(19)14(4)18(20)21-16/h11,19H,5-10,12H2,1-4H3/b13-11+. The van der Waals surface area contributed by atoms with Crippen LogP contribution in [0.2, 0.25) is 0 Å². The monoisotopic (exact) mass is 292 g/mol. The van der Waals surface area contributed by atoms with Crippen molar-refractivity contribution in [2.24, 2.45) is 0 Å². The van der Waals surface area contributed by atoms with Crippen LogP contribution in [0.25, 0.3) is 0 Å². The van der Waals surface area contributed by atoms with Gasteiger partial charge in [0, 0.05) is 12.0 Å². The van der Waals surface area contributed by atoms with E-state index in [1.165, 1.54) is 24.8 Å². The van der Waals surface area contributed by atoms with Gasteiger partial charge in [-0.3, -0.25) is 0 Å². The zero-order valence-electron chi connectivity index (χ0n) is 13.8. The molecule has 1 N–H and O–H groups in total. The van der Waals surface area contributed by atoms with E-state index in [1.807, 2.05) is 0 Å². The van der Waals surface area contributed by atoms with Crippen LogP contribution in [-0.4, -0.2) is 5.11 Å². The summed E-state index contributed by atoms with van der Waals surface area (Å²) in [6.45, 7) is 7.96. The van der Waals surface area contributed by atoms with Crippen molar-refractivity contribution in [1.29, 1.82) is 0 Å². The van der Waals surface area contributed by atoms with E-state index in [2.05, 4.69) is 26.8 Å². The number of hydrogen-bond donors (Lipinski definition) is 1. The lowest BCUT2D eigenvalue weighted by atomic mass is 10.0. The minimum absolute atomic E-state index is 0.111. The predicted octanol–water partition coefficient (Wildman–Crippen LogP) is 4.68. The molecule has 0 amide bonds. The molecule has 0 fully saturated rings. The second kappa shape index (κ2) is 8.71. The van der Waals surface area contributed by atoms with Crippen LogP contribution in [0, 0.1) is 6.92 Å². The number of unbranched alkanes of at least 4 members (excludes halogenated alkanes) is 2. The Morgan fingerprint density at radius 3 is 2.57 bits per heavy atom. The molecule has 1 rings (SSSR count). The predicted molar refractivity (Wildman–Crippen MR) is 87.0 cm³/mol. The van der Waals surface area contributed by atoms with Gasteiger partial charge in [-0.15, -0.1) is 0 Å². The van der Waals surface area contributed by atoms with E-state index in [-0.39, 0.29) is 5.75 Å². The molecule has 0 aliphatic carbocycles. The van der Waals surface area contributed by atoms with Crippen molar-refractivity contribution in [2.45, 2.75) is 72.6 Å². The highest BCUT2D eigenvalue weighted by Crippen LogP contribution is 2.25. The fourth-order valence-electron chi connectivity index (χ4n) is 2.40. The average Bonchev–Trinajstić information content (AvgIpc) is 2.46. The first-order valence-corrected chi connectivity index (χ1v) is 8.01. The first-order valence-electron chi connectivity index (χ1n) is 8.01. The lowest BCUT2D eigenvalue weighted by Crippen LogP contribution is -2.09. The maximum absolute atomic E-state index is 11.7. The van der Waals surface area contributed by atoms with Gasteiger partial charge in [-0.1, -0.05) is 44.8 Å². The van der Waals surface area contributed by atoms with E-state index in [1.54, 1.807) is 6.92 Å². The summed E-state index contributed by atoms with van der Waals surface area (Å²) in [5.41, 5.74) is 1.98. The third-order valence-corrected chi connectivity index (χ3v) is 3.81. The van der Waals surface area contributed by atoms with Gasteiger partial charge in [0.1, 0.15) is 11.5 Å². The largest absolute Gasteiger partial charge is 0.507 e. The maximum Gasteiger partial charge on any atom is 0.342 e. The van der Waals surface area contributed by atoms with Gasteiger partial charge in [-0.25, -0.2) is 4.79 Å². The van der Waals surface area contributed by atoms with Crippen LogP contribution < -0.4 is 5.63 Å². The van der Waals surface area contributed by atoms with Crippen molar-refractivity contribution >= 4 is 0 Å². The summed E-state index contributed by atoms with van der Waals surface area (Å²) in [6.07, 6.45) is 9.07. The van der Waals surface area contributed by atoms with Gasteiger partial charge in [0.25, 0.3) is 0 Å². The quantitative estimate of drug-likeness (QED) is 0.559. The van der Waals surface area contributed by atoms with Crippen molar-refractivity contribution in [3.05, 3.63) is 39.0 Å². The Labute approximate surface area is 127 Å². The highest BCUT2D eigenvalue weighted by Gasteiger charge is 2.15. The van der Waals surface area contributed by atoms with Crippen LogP contribution in [0.5, 0.6) is 5.75 Å². The molecule has 0 saturated carbocycles. The molecule has 0 unspecified atom stereocenters. The molecule has 0 saturated heterocycles. The van der Waals surface area contributed by atoms with Crippen molar-refractivity contribution in [1.82, 2.24) is 0 Å². The topological polar surface area (TPSA) is 50.4 Å². The Balaban J connectivity index is 2.92. The normalized spacial score (nSPS) is 11.9. The lowest BCUT2D eigenvalue weighted by Gasteiger charge is -2.10. The number of allylic oxidation sites excluding steroid dienone is 2. The zero-order valence-corrected chi connectivity index (χ0v) is 13.8. The first-order chi connectivity index (χ1) is 10.0. The number of aromatic hydroxyl groups is 1. The summed E-state index contributed by atoms with van der Waals surface area (Å²) < 4.78 is 5.39. The molecule has 3 nitrogen and oxygen atoms in total. The van der Waals surface area contributed by atoms with Gasteiger partial charge in [0.15, 0.2) is 0 Å². The van der Waals surface area contributed by atoms with Crippen molar-refractivity contribution in [3.8, 4) is 5.75 Å². The van der Waals surface area contributed by atoms with E-state index in [0.29, 0.717) is 17.7 Å². The second-order valence-electron chi connectivity index (χ2n) is 5.73. The Kier molecular flexibility index (Phi) is 7.27. The molecule has 1 aromatic rings. The van der Waals surface area contributed by atoms with Gasteiger partial charge < -0.3 is 9.52 Å². The van der Waals surface area contributed by atoms with Crippen molar-refractivity contribution in [3.63, 3.8) is 0 Å². The van der Waals surface area contributed by atoms with E-state index in [4.69, 9.17) is 4.42 Å². The molecule has 0 aromatic carbocycles. The summed E-state index contributed by atoms with van der Waals surface area (Å²) in [5, 5.41) is 10.1. The molecular formula is C18H28O3. The molecular weight excluding hydrogens is 264 g/mol. The molecule has 0 bridgehead atoms. The zero-order chi connectivity index (χ0) is 15.8. The molecule has 0 spiro atoms.